The number of pyridine rings is 2. The van der Waals surface area contributed by atoms with Gasteiger partial charge in [0.15, 0.2) is 5.82 Å². The standard InChI is InChI=1S/C25H31N9O2S/c1-15-6-21-22(27-12-15)10-23(29-24-7-16(2)31-32-24)30-25(21)28-18-8-19-4-3-5-20(9-18)34(19)37(35,36)33-13-17(11-26)14-33/h6-7,10,12,17-20H,3-5,8-9,13-14H2,1-2H3,(H3,28,29,30,31,32)/t18?,19-,20+. The maximum Gasteiger partial charge on any atom is 0.282 e. The summed E-state index contributed by atoms with van der Waals surface area (Å²) >= 11 is 0. The molecule has 3 atom stereocenters. The maximum atomic E-state index is 13.4. The molecule has 3 aliphatic heterocycles. The van der Waals surface area contributed by atoms with Crippen molar-refractivity contribution in [2.24, 2.45) is 5.92 Å². The van der Waals surface area contributed by atoms with Gasteiger partial charge in [0, 0.05) is 60.6 Å². The van der Waals surface area contributed by atoms with Crippen LogP contribution in [0.3, 0.4) is 0 Å². The van der Waals surface area contributed by atoms with Crippen LogP contribution in [0.25, 0.3) is 10.9 Å². The van der Waals surface area contributed by atoms with Crippen molar-refractivity contribution in [1.29, 1.82) is 5.26 Å². The van der Waals surface area contributed by atoms with Gasteiger partial charge in [-0.25, -0.2) is 4.98 Å². The second-order valence-corrected chi connectivity index (χ2v) is 12.4. The van der Waals surface area contributed by atoms with Gasteiger partial charge >= 0.3 is 0 Å². The van der Waals surface area contributed by atoms with Crippen LogP contribution in [-0.4, -0.2) is 68.4 Å². The third-order valence-electron chi connectivity index (χ3n) is 7.65. The van der Waals surface area contributed by atoms with E-state index in [1.165, 1.54) is 4.31 Å². The molecule has 3 saturated heterocycles. The van der Waals surface area contributed by atoms with Gasteiger partial charge in [0.05, 0.1) is 17.5 Å². The summed E-state index contributed by atoms with van der Waals surface area (Å²) in [6.07, 6.45) is 5.99. The quantitative estimate of drug-likeness (QED) is 0.449. The van der Waals surface area contributed by atoms with Crippen LogP contribution in [0.5, 0.6) is 0 Å². The third-order valence-corrected chi connectivity index (χ3v) is 9.73. The number of nitrogens with one attached hydrogen (secondary N) is 3. The Bertz CT molecular complexity index is 1460. The summed E-state index contributed by atoms with van der Waals surface area (Å²) in [4.78, 5) is 9.51. The van der Waals surface area contributed by atoms with Crippen molar-refractivity contribution in [3.8, 4) is 6.07 Å². The van der Waals surface area contributed by atoms with Crippen LogP contribution in [-0.2, 0) is 10.2 Å². The highest BCUT2D eigenvalue weighted by Crippen LogP contribution is 2.40. The van der Waals surface area contributed by atoms with Crippen molar-refractivity contribution in [2.75, 3.05) is 23.7 Å². The summed E-state index contributed by atoms with van der Waals surface area (Å²) in [5.41, 5.74) is 2.82. The molecule has 3 aliphatic rings. The van der Waals surface area contributed by atoms with E-state index < -0.39 is 10.2 Å². The summed E-state index contributed by atoms with van der Waals surface area (Å²) in [5, 5.41) is 24.1. The molecule has 3 aromatic rings. The van der Waals surface area contributed by atoms with Crippen LogP contribution in [0.4, 0.5) is 17.5 Å². The largest absolute Gasteiger partial charge is 0.367 e. The summed E-state index contributed by atoms with van der Waals surface area (Å²) < 4.78 is 30.1. The fraction of sp³-hybridized carbons (Fsp3) is 0.520. The minimum Gasteiger partial charge on any atom is -0.367 e. The molecule has 0 spiro atoms. The molecular weight excluding hydrogens is 490 g/mol. The molecule has 0 saturated carbocycles. The number of hydrogen-bond acceptors (Lipinski definition) is 8. The highest BCUT2D eigenvalue weighted by molar-refractivity contribution is 7.86. The molecule has 6 heterocycles. The van der Waals surface area contributed by atoms with Crippen molar-refractivity contribution < 1.29 is 8.42 Å². The molecule has 12 heteroatoms. The van der Waals surface area contributed by atoms with Crippen molar-refractivity contribution in [1.82, 2.24) is 28.8 Å². The Labute approximate surface area is 216 Å². The Morgan fingerprint density at radius 3 is 2.54 bits per heavy atom. The fourth-order valence-electron chi connectivity index (χ4n) is 5.88. The van der Waals surface area contributed by atoms with E-state index in [0.717, 1.165) is 47.2 Å². The number of aryl methyl sites for hydroxylation is 2. The maximum absolute atomic E-state index is 13.4. The van der Waals surface area contributed by atoms with E-state index in [1.54, 1.807) is 4.31 Å². The van der Waals surface area contributed by atoms with E-state index in [9.17, 15) is 8.42 Å². The van der Waals surface area contributed by atoms with Crippen LogP contribution in [0.2, 0.25) is 0 Å². The van der Waals surface area contributed by atoms with E-state index in [-0.39, 0.29) is 24.0 Å². The summed E-state index contributed by atoms with van der Waals surface area (Å²) in [6.45, 7) is 4.55. The molecule has 2 bridgehead atoms. The first-order chi connectivity index (χ1) is 17.8. The predicted octanol–water partition coefficient (Wildman–Crippen LogP) is 3.21. The van der Waals surface area contributed by atoms with E-state index in [1.807, 2.05) is 32.2 Å². The summed E-state index contributed by atoms with van der Waals surface area (Å²) in [6, 6.07) is 8.05. The van der Waals surface area contributed by atoms with Gasteiger partial charge in [-0.3, -0.25) is 10.1 Å². The second kappa shape index (κ2) is 9.24. The molecular formula is C25H31N9O2S. The average molecular weight is 522 g/mol. The number of nitriles is 1. The van der Waals surface area contributed by atoms with Crippen LogP contribution in [0.1, 0.15) is 43.4 Å². The minimum atomic E-state index is -3.56. The molecule has 0 amide bonds. The molecule has 3 N–H and O–H groups in total. The Kier molecular flexibility index (Phi) is 6.01. The monoisotopic (exact) mass is 521 g/mol. The van der Waals surface area contributed by atoms with Crippen molar-refractivity contribution >= 4 is 38.6 Å². The molecule has 0 radical (unpaired) electrons. The summed E-state index contributed by atoms with van der Waals surface area (Å²) in [7, 11) is -3.56. The smallest absolute Gasteiger partial charge is 0.282 e. The molecule has 1 unspecified atom stereocenters. The number of nitrogens with zero attached hydrogens (tertiary/aromatic N) is 6. The number of aromatic amines is 1. The predicted molar refractivity (Wildman–Crippen MR) is 140 cm³/mol. The summed E-state index contributed by atoms with van der Waals surface area (Å²) in [5.74, 6) is 1.86. The highest BCUT2D eigenvalue weighted by atomic mass is 32.2. The molecule has 3 fully saturated rings. The second-order valence-electron chi connectivity index (χ2n) is 10.5. The van der Waals surface area contributed by atoms with Gasteiger partial charge in [0.1, 0.15) is 11.6 Å². The molecule has 0 aromatic carbocycles. The molecule has 37 heavy (non-hydrogen) atoms. The van der Waals surface area contributed by atoms with Gasteiger partial charge in [-0.1, -0.05) is 6.42 Å². The lowest BCUT2D eigenvalue weighted by Crippen LogP contribution is -2.63. The first kappa shape index (κ1) is 24.1. The Morgan fingerprint density at radius 2 is 1.86 bits per heavy atom. The third kappa shape index (κ3) is 4.52. The van der Waals surface area contributed by atoms with E-state index in [4.69, 9.17) is 10.2 Å². The number of hydrogen-bond donors (Lipinski definition) is 3. The van der Waals surface area contributed by atoms with Crippen LogP contribution >= 0.6 is 0 Å². The average Bonchev–Trinajstić information content (AvgIpc) is 3.22. The van der Waals surface area contributed by atoms with Crippen molar-refractivity contribution in [2.45, 2.75) is 64.1 Å². The Balaban J connectivity index is 1.26. The Hall–Kier alpha value is -3.27. The van der Waals surface area contributed by atoms with Crippen molar-refractivity contribution in [3.05, 3.63) is 35.7 Å². The van der Waals surface area contributed by atoms with Gasteiger partial charge in [-0.15, -0.1) is 0 Å². The first-order valence-corrected chi connectivity index (χ1v) is 14.2. The minimum absolute atomic E-state index is 0.0596. The van der Waals surface area contributed by atoms with Crippen LogP contribution < -0.4 is 10.6 Å². The molecule has 11 nitrogen and oxygen atoms in total. The molecule has 3 aromatic heterocycles. The van der Waals surface area contributed by atoms with Crippen molar-refractivity contribution in [3.63, 3.8) is 0 Å². The lowest BCUT2D eigenvalue weighted by atomic mass is 9.84. The fourth-order valence-corrected chi connectivity index (χ4v) is 8.02. The van der Waals surface area contributed by atoms with E-state index in [2.05, 4.69) is 38.0 Å². The van der Waals surface area contributed by atoms with Gasteiger partial charge in [-0.2, -0.15) is 27.4 Å². The lowest BCUT2D eigenvalue weighted by Gasteiger charge is -2.50. The highest BCUT2D eigenvalue weighted by Gasteiger charge is 2.49. The number of piperidine rings is 2. The van der Waals surface area contributed by atoms with Gasteiger partial charge in [-0.05, 0) is 51.2 Å². The zero-order chi connectivity index (χ0) is 25.7. The lowest BCUT2D eigenvalue weighted by molar-refractivity contribution is 0.0984. The zero-order valence-corrected chi connectivity index (χ0v) is 21.8. The SMILES string of the molecule is Cc1cnc2cc(Nc3cc(C)[nH]n3)nc(NC3C[C@H]4CCC[C@@H](C3)N4S(=O)(=O)N3CC(C#N)C3)c2c1. The zero-order valence-electron chi connectivity index (χ0n) is 21.0. The topological polar surface area (TPSA) is 143 Å². The van der Waals surface area contributed by atoms with Crippen LogP contribution in [0.15, 0.2) is 24.4 Å². The Morgan fingerprint density at radius 1 is 1.11 bits per heavy atom. The number of H-pyrrole nitrogens is 1. The van der Waals surface area contributed by atoms with E-state index in [0.29, 0.717) is 37.6 Å². The van der Waals surface area contributed by atoms with Gasteiger partial charge in [0.2, 0.25) is 0 Å². The van der Waals surface area contributed by atoms with Crippen LogP contribution in [0, 0.1) is 31.1 Å². The first-order valence-electron chi connectivity index (χ1n) is 12.8. The van der Waals surface area contributed by atoms with Gasteiger partial charge in [0.25, 0.3) is 10.2 Å². The number of rotatable bonds is 6. The number of anilines is 3. The molecule has 194 valence electrons. The number of fused-ring (bicyclic) bond motifs is 3. The van der Waals surface area contributed by atoms with Gasteiger partial charge < -0.3 is 10.6 Å². The molecule has 0 aliphatic carbocycles. The number of aromatic nitrogens is 4. The van der Waals surface area contributed by atoms with E-state index >= 15 is 0 Å². The molecule has 6 rings (SSSR count). The normalized spacial score (nSPS) is 24.9.